The summed E-state index contributed by atoms with van der Waals surface area (Å²) in [6, 6.07) is 6.14. The zero-order chi connectivity index (χ0) is 19.4. The molecule has 144 valence electrons. The molecule has 1 aliphatic heterocycles. The number of aryl methyl sites for hydroxylation is 3. The fraction of sp³-hybridized carbons (Fsp3) is 0.421. The molecule has 0 aliphatic carbocycles. The summed E-state index contributed by atoms with van der Waals surface area (Å²) in [7, 11) is 0. The number of nitrogens with zero attached hydrogens (tertiary/aromatic N) is 3. The van der Waals surface area contributed by atoms with Gasteiger partial charge in [-0.05, 0) is 50.2 Å². The number of nitrogens with one attached hydrogen (secondary N) is 2. The fourth-order valence-electron chi connectivity index (χ4n) is 3.00. The minimum absolute atomic E-state index is 0.0605. The molecule has 0 bridgehead atoms. The van der Waals surface area contributed by atoms with Crippen LogP contribution >= 0.6 is 12.2 Å². The van der Waals surface area contributed by atoms with Gasteiger partial charge in [-0.3, -0.25) is 9.48 Å². The highest BCUT2D eigenvalue weighted by Gasteiger charge is 2.25. The lowest BCUT2D eigenvalue weighted by Gasteiger charge is -2.27. The third kappa shape index (κ3) is 4.45. The molecule has 2 N–H and O–H groups in total. The Labute approximate surface area is 164 Å². The van der Waals surface area contributed by atoms with E-state index in [-0.39, 0.29) is 5.91 Å². The molecule has 1 fully saturated rings. The van der Waals surface area contributed by atoms with Crippen LogP contribution in [0.1, 0.15) is 28.5 Å². The molecule has 8 heteroatoms. The maximum absolute atomic E-state index is 13.0. The van der Waals surface area contributed by atoms with Gasteiger partial charge < -0.3 is 20.3 Å². The Kier molecular flexibility index (Phi) is 6.08. The lowest BCUT2D eigenvalue weighted by molar-refractivity contribution is 0.0295. The number of amides is 1. The van der Waals surface area contributed by atoms with Crippen LogP contribution in [0, 0.1) is 13.8 Å². The van der Waals surface area contributed by atoms with E-state index < -0.39 is 0 Å². The Morgan fingerprint density at radius 2 is 1.93 bits per heavy atom. The maximum atomic E-state index is 13.0. The number of hydrogen-bond donors (Lipinski definition) is 2. The van der Waals surface area contributed by atoms with Crippen LogP contribution in [0.25, 0.3) is 0 Å². The van der Waals surface area contributed by atoms with Crippen molar-refractivity contribution in [1.29, 1.82) is 0 Å². The predicted molar refractivity (Wildman–Crippen MR) is 110 cm³/mol. The van der Waals surface area contributed by atoms with Crippen LogP contribution in [0.3, 0.4) is 0 Å². The van der Waals surface area contributed by atoms with Crippen LogP contribution in [0.15, 0.2) is 24.4 Å². The van der Waals surface area contributed by atoms with Crippen molar-refractivity contribution >= 4 is 34.6 Å². The highest BCUT2D eigenvalue weighted by Crippen LogP contribution is 2.20. The molecule has 0 saturated carbocycles. The molecule has 1 amide bonds. The maximum Gasteiger partial charge on any atom is 0.274 e. The van der Waals surface area contributed by atoms with Crippen molar-refractivity contribution < 1.29 is 9.53 Å². The number of benzene rings is 1. The first-order chi connectivity index (χ1) is 13.0. The van der Waals surface area contributed by atoms with E-state index in [0.29, 0.717) is 49.3 Å². The number of aromatic nitrogens is 2. The summed E-state index contributed by atoms with van der Waals surface area (Å²) in [6.07, 6.45) is 1.65. The zero-order valence-corrected chi connectivity index (χ0v) is 16.7. The van der Waals surface area contributed by atoms with Crippen molar-refractivity contribution in [3.05, 3.63) is 41.2 Å². The molecule has 1 saturated heterocycles. The van der Waals surface area contributed by atoms with Crippen LogP contribution in [-0.4, -0.2) is 52.0 Å². The van der Waals surface area contributed by atoms with Crippen molar-refractivity contribution in [3.8, 4) is 0 Å². The van der Waals surface area contributed by atoms with Crippen molar-refractivity contribution in [2.24, 2.45) is 0 Å². The van der Waals surface area contributed by atoms with E-state index in [9.17, 15) is 4.79 Å². The van der Waals surface area contributed by atoms with Crippen LogP contribution < -0.4 is 10.6 Å². The van der Waals surface area contributed by atoms with Gasteiger partial charge in [-0.2, -0.15) is 5.10 Å². The van der Waals surface area contributed by atoms with Gasteiger partial charge in [-0.1, -0.05) is 12.1 Å². The zero-order valence-electron chi connectivity index (χ0n) is 15.9. The van der Waals surface area contributed by atoms with Gasteiger partial charge >= 0.3 is 0 Å². The molecule has 7 nitrogen and oxygen atoms in total. The summed E-state index contributed by atoms with van der Waals surface area (Å²) >= 11 is 5.46. The number of rotatable bonds is 4. The van der Waals surface area contributed by atoms with Crippen LogP contribution in [0.2, 0.25) is 0 Å². The molecule has 2 aromatic rings. The van der Waals surface area contributed by atoms with Crippen molar-refractivity contribution in [1.82, 2.24) is 14.7 Å². The van der Waals surface area contributed by atoms with Crippen LogP contribution in [0.5, 0.6) is 0 Å². The third-order valence-electron chi connectivity index (χ3n) is 4.53. The number of thiocarbonyl (C=S) groups is 1. The molecule has 27 heavy (non-hydrogen) atoms. The Hall–Kier alpha value is -2.45. The number of ether oxygens (including phenoxy) is 1. The summed E-state index contributed by atoms with van der Waals surface area (Å²) in [5.74, 6) is -0.0605. The molecular formula is C19H25N5O2S. The largest absolute Gasteiger partial charge is 0.378 e. The topological polar surface area (TPSA) is 71.4 Å². The summed E-state index contributed by atoms with van der Waals surface area (Å²) < 4.78 is 7.04. The van der Waals surface area contributed by atoms with Gasteiger partial charge in [0.2, 0.25) is 0 Å². The molecule has 3 rings (SSSR count). The number of anilines is 2. The van der Waals surface area contributed by atoms with Gasteiger partial charge in [0.1, 0.15) is 5.69 Å². The van der Waals surface area contributed by atoms with Gasteiger partial charge in [0.05, 0.1) is 25.1 Å². The first kappa shape index (κ1) is 19.3. The monoisotopic (exact) mass is 387 g/mol. The van der Waals surface area contributed by atoms with Crippen LogP contribution in [0.4, 0.5) is 11.4 Å². The second-order valence-electron chi connectivity index (χ2n) is 6.52. The van der Waals surface area contributed by atoms with Gasteiger partial charge in [-0.25, -0.2) is 0 Å². The number of carbonyl (C=O) groups excluding carboxylic acids is 1. The summed E-state index contributed by atoms with van der Waals surface area (Å²) in [5, 5.41) is 11.1. The Morgan fingerprint density at radius 3 is 2.63 bits per heavy atom. The molecule has 1 aliphatic rings. The second-order valence-corrected chi connectivity index (χ2v) is 6.93. The standard InChI is InChI=1S/C19H25N5O2S/c1-4-24-17(18(25)23-7-9-26-10-8-23)16(12-20-24)22-19(27)21-15-11-13(2)5-6-14(15)3/h5-6,11-12H,4,7-10H2,1-3H3,(H2,21,22,27). The van der Waals surface area contributed by atoms with Gasteiger partial charge in [0, 0.05) is 25.3 Å². The van der Waals surface area contributed by atoms with E-state index in [1.54, 1.807) is 15.8 Å². The smallest absolute Gasteiger partial charge is 0.274 e. The SMILES string of the molecule is CCn1ncc(NC(=S)Nc2cc(C)ccc2C)c1C(=O)N1CCOCC1. The molecule has 0 spiro atoms. The van der Waals surface area contributed by atoms with Crippen molar-refractivity contribution in [2.45, 2.75) is 27.3 Å². The van der Waals surface area contributed by atoms with E-state index in [4.69, 9.17) is 17.0 Å². The average Bonchev–Trinajstić information content (AvgIpc) is 3.07. The number of morpholine rings is 1. The average molecular weight is 388 g/mol. The Morgan fingerprint density at radius 1 is 1.22 bits per heavy atom. The van der Waals surface area contributed by atoms with Gasteiger partial charge in [0.25, 0.3) is 5.91 Å². The highest BCUT2D eigenvalue weighted by atomic mass is 32.1. The lowest BCUT2D eigenvalue weighted by atomic mass is 10.1. The summed E-state index contributed by atoms with van der Waals surface area (Å²) in [5.41, 5.74) is 4.31. The fourth-order valence-corrected chi connectivity index (χ4v) is 3.22. The van der Waals surface area contributed by atoms with E-state index in [2.05, 4.69) is 21.8 Å². The lowest BCUT2D eigenvalue weighted by Crippen LogP contribution is -2.41. The van der Waals surface area contributed by atoms with Gasteiger partial charge in [0.15, 0.2) is 5.11 Å². The second kappa shape index (κ2) is 8.49. The number of carbonyl (C=O) groups is 1. The Bertz CT molecular complexity index is 843. The molecule has 1 aromatic heterocycles. The first-order valence-electron chi connectivity index (χ1n) is 9.07. The van der Waals surface area contributed by atoms with Crippen molar-refractivity contribution in [3.63, 3.8) is 0 Å². The van der Waals surface area contributed by atoms with Crippen LogP contribution in [-0.2, 0) is 11.3 Å². The number of hydrogen-bond acceptors (Lipinski definition) is 4. The first-order valence-corrected chi connectivity index (χ1v) is 9.48. The quantitative estimate of drug-likeness (QED) is 0.786. The molecule has 2 heterocycles. The summed E-state index contributed by atoms with van der Waals surface area (Å²) in [4.78, 5) is 14.8. The summed E-state index contributed by atoms with van der Waals surface area (Å²) in [6.45, 7) is 8.89. The predicted octanol–water partition coefficient (Wildman–Crippen LogP) is 2.80. The minimum Gasteiger partial charge on any atom is -0.378 e. The van der Waals surface area contributed by atoms with Gasteiger partial charge in [-0.15, -0.1) is 0 Å². The normalized spacial score (nSPS) is 14.1. The third-order valence-corrected chi connectivity index (χ3v) is 4.73. The van der Waals surface area contributed by atoms with E-state index >= 15 is 0 Å². The molecule has 0 radical (unpaired) electrons. The molecule has 0 unspecified atom stereocenters. The highest BCUT2D eigenvalue weighted by molar-refractivity contribution is 7.80. The molecule has 0 atom stereocenters. The van der Waals surface area contributed by atoms with Crippen molar-refractivity contribution in [2.75, 3.05) is 36.9 Å². The van der Waals surface area contributed by atoms with E-state index in [0.717, 1.165) is 16.8 Å². The minimum atomic E-state index is -0.0605. The van der Waals surface area contributed by atoms with E-state index in [1.165, 1.54) is 0 Å². The molecular weight excluding hydrogens is 362 g/mol. The van der Waals surface area contributed by atoms with E-state index in [1.807, 2.05) is 32.9 Å². The molecule has 1 aromatic carbocycles. The Balaban J connectivity index is 1.78.